The lowest BCUT2D eigenvalue weighted by atomic mass is 10.2. The molecule has 0 radical (unpaired) electrons. The second kappa shape index (κ2) is 2.70. The number of H-pyrrole nitrogens is 2. The first-order valence-electron chi connectivity index (χ1n) is 3.63. The largest absolute Gasteiger partial charge is 0.506 e. The van der Waals surface area contributed by atoms with Gasteiger partial charge in [0.05, 0.1) is 10.9 Å². The summed E-state index contributed by atoms with van der Waals surface area (Å²) in [6.07, 6.45) is 0. The summed E-state index contributed by atoms with van der Waals surface area (Å²) >= 11 is 4.76. The summed E-state index contributed by atoms with van der Waals surface area (Å²) in [4.78, 5) is 16.4. The molecule has 1 aromatic heterocycles. The highest BCUT2D eigenvalue weighted by atomic mass is 32.1. The molecule has 0 saturated heterocycles. The molecule has 0 aliphatic rings. The van der Waals surface area contributed by atoms with Crippen molar-refractivity contribution in [2.45, 2.75) is 0 Å². The van der Waals surface area contributed by atoms with E-state index in [0.29, 0.717) is 10.9 Å². The number of rotatable bonds is 0. The van der Waals surface area contributed by atoms with Gasteiger partial charge in [0, 0.05) is 0 Å². The first-order valence-corrected chi connectivity index (χ1v) is 4.03. The van der Waals surface area contributed by atoms with Crippen molar-refractivity contribution in [2.75, 3.05) is 0 Å². The number of aromatic nitrogens is 2. The Balaban J connectivity index is 3.12. The average molecular weight is 194 g/mol. The van der Waals surface area contributed by atoms with Crippen LogP contribution in [0.1, 0.15) is 0 Å². The number of hydrogen-bond donors (Lipinski definition) is 3. The SMILES string of the molecule is O=c1[nH]c(=S)[nH]c2c(O)cccc12. The van der Waals surface area contributed by atoms with Crippen LogP contribution >= 0.6 is 12.2 Å². The zero-order chi connectivity index (χ0) is 9.42. The Morgan fingerprint density at radius 3 is 2.85 bits per heavy atom. The fourth-order valence-electron chi connectivity index (χ4n) is 1.18. The van der Waals surface area contributed by atoms with Gasteiger partial charge in [-0.05, 0) is 24.4 Å². The van der Waals surface area contributed by atoms with E-state index in [1.807, 2.05) is 0 Å². The van der Waals surface area contributed by atoms with E-state index in [1.165, 1.54) is 6.07 Å². The van der Waals surface area contributed by atoms with Gasteiger partial charge in [0.2, 0.25) is 0 Å². The van der Waals surface area contributed by atoms with Crippen LogP contribution in [0, 0.1) is 4.77 Å². The molecule has 2 rings (SSSR count). The van der Waals surface area contributed by atoms with Crippen LogP contribution in [0.5, 0.6) is 5.75 Å². The minimum atomic E-state index is -0.297. The molecule has 1 heterocycles. The number of nitrogens with one attached hydrogen (secondary N) is 2. The predicted octanol–water partition coefficient (Wildman–Crippen LogP) is 1.29. The van der Waals surface area contributed by atoms with Gasteiger partial charge in [0.1, 0.15) is 5.75 Å². The molecule has 0 fully saturated rings. The summed E-state index contributed by atoms with van der Waals surface area (Å²) in [6, 6.07) is 4.70. The fourth-order valence-corrected chi connectivity index (χ4v) is 1.37. The normalized spacial score (nSPS) is 10.5. The van der Waals surface area contributed by atoms with Gasteiger partial charge in [-0.2, -0.15) is 0 Å². The third kappa shape index (κ3) is 1.23. The monoisotopic (exact) mass is 194 g/mol. The standard InChI is InChI=1S/C8H6N2O2S/c11-5-3-1-2-4-6(5)9-8(13)10-7(4)12/h1-3,11H,(H2,9,10,12,13). The molecule has 0 aliphatic heterocycles. The van der Waals surface area contributed by atoms with E-state index in [9.17, 15) is 9.90 Å². The van der Waals surface area contributed by atoms with Crippen LogP contribution in [0.25, 0.3) is 10.9 Å². The van der Waals surface area contributed by atoms with Gasteiger partial charge in [-0.3, -0.25) is 9.78 Å². The van der Waals surface area contributed by atoms with Crippen LogP contribution in [-0.2, 0) is 0 Å². The van der Waals surface area contributed by atoms with Crippen LogP contribution < -0.4 is 5.56 Å². The lowest BCUT2D eigenvalue weighted by molar-refractivity contribution is 0.480. The van der Waals surface area contributed by atoms with Gasteiger partial charge in [-0.25, -0.2) is 0 Å². The number of phenolic OH excluding ortho intramolecular Hbond substituents is 1. The van der Waals surface area contributed by atoms with E-state index in [1.54, 1.807) is 12.1 Å². The van der Waals surface area contributed by atoms with E-state index in [-0.39, 0.29) is 16.1 Å². The van der Waals surface area contributed by atoms with E-state index in [2.05, 4.69) is 9.97 Å². The maximum Gasteiger partial charge on any atom is 0.259 e. The van der Waals surface area contributed by atoms with Crippen molar-refractivity contribution in [1.82, 2.24) is 9.97 Å². The molecule has 2 aromatic rings. The lowest BCUT2D eigenvalue weighted by Crippen LogP contribution is -2.07. The van der Waals surface area contributed by atoms with Crippen LogP contribution in [0.4, 0.5) is 0 Å². The Morgan fingerprint density at radius 2 is 2.08 bits per heavy atom. The zero-order valence-corrected chi connectivity index (χ0v) is 7.31. The number of hydrogen-bond acceptors (Lipinski definition) is 3. The molecule has 0 amide bonds. The van der Waals surface area contributed by atoms with Crippen LogP contribution in [0.3, 0.4) is 0 Å². The number of aromatic amines is 2. The molecule has 66 valence electrons. The molecule has 0 aliphatic carbocycles. The molecule has 5 heteroatoms. The molecule has 0 atom stereocenters. The molecular formula is C8H6N2O2S. The van der Waals surface area contributed by atoms with Gasteiger partial charge in [0.25, 0.3) is 5.56 Å². The number of fused-ring (bicyclic) bond motifs is 1. The first kappa shape index (κ1) is 8.00. The predicted molar refractivity (Wildman–Crippen MR) is 51.4 cm³/mol. The smallest absolute Gasteiger partial charge is 0.259 e. The van der Waals surface area contributed by atoms with Crippen molar-refractivity contribution in [2.24, 2.45) is 0 Å². The van der Waals surface area contributed by atoms with Gasteiger partial charge in [-0.15, -0.1) is 0 Å². The first-order chi connectivity index (χ1) is 6.18. The highest BCUT2D eigenvalue weighted by Gasteiger charge is 2.01. The summed E-state index contributed by atoms with van der Waals surface area (Å²) in [6.45, 7) is 0. The van der Waals surface area contributed by atoms with Gasteiger partial charge < -0.3 is 10.1 Å². The topological polar surface area (TPSA) is 68.9 Å². The summed E-state index contributed by atoms with van der Waals surface area (Å²) in [7, 11) is 0. The number of benzene rings is 1. The molecule has 3 N–H and O–H groups in total. The van der Waals surface area contributed by atoms with Crippen LogP contribution in [-0.4, -0.2) is 15.1 Å². The Hall–Kier alpha value is -1.62. The molecule has 0 bridgehead atoms. The number of phenols is 1. The van der Waals surface area contributed by atoms with Crippen LogP contribution in [0.15, 0.2) is 23.0 Å². The molecule has 0 spiro atoms. The van der Waals surface area contributed by atoms with E-state index in [0.717, 1.165) is 0 Å². The van der Waals surface area contributed by atoms with Gasteiger partial charge in [0.15, 0.2) is 4.77 Å². The molecule has 0 unspecified atom stereocenters. The quantitative estimate of drug-likeness (QED) is 0.553. The van der Waals surface area contributed by atoms with E-state index >= 15 is 0 Å². The average Bonchev–Trinajstić information content (AvgIpc) is 2.07. The zero-order valence-electron chi connectivity index (χ0n) is 6.50. The highest BCUT2D eigenvalue weighted by Crippen LogP contribution is 2.18. The van der Waals surface area contributed by atoms with Crippen LogP contribution in [0.2, 0.25) is 0 Å². The molecular weight excluding hydrogens is 188 g/mol. The minimum absolute atomic E-state index is 0.0229. The van der Waals surface area contributed by atoms with Gasteiger partial charge >= 0.3 is 0 Å². The second-order valence-electron chi connectivity index (χ2n) is 2.61. The molecule has 4 nitrogen and oxygen atoms in total. The minimum Gasteiger partial charge on any atom is -0.506 e. The Morgan fingerprint density at radius 1 is 1.31 bits per heavy atom. The third-order valence-corrected chi connectivity index (χ3v) is 1.96. The summed E-state index contributed by atoms with van der Waals surface area (Å²) in [5, 5.41) is 9.79. The Kier molecular flexibility index (Phi) is 1.66. The highest BCUT2D eigenvalue weighted by molar-refractivity contribution is 7.71. The van der Waals surface area contributed by atoms with Crippen molar-refractivity contribution in [1.29, 1.82) is 0 Å². The van der Waals surface area contributed by atoms with Crippen molar-refractivity contribution in [3.05, 3.63) is 33.3 Å². The summed E-state index contributed by atoms with van der Waals surface area (Å²) < 4.78 is 0.207. The van der Waals surface area contributed by atoms with Crippen molar-refractivity contribution in [3.8, 4) is 5.75 Å². The Bertz CT molecular complexity index is 570. The third-order valence-electron chi connectivity index (χ3n) is 1.75. The molecule has 1 aromatic carbocycles. The van der Waals surface area contributed by atoms with Crippen molar-refractivity contribution in [3.63, 3.8) is 0 Å². The maximum atomic E-state index is 11.3. The van der Waals surface area contributed by atoms with Crippen molar-refractivity contribution < 1.29 is 5.11 Å². The molecule has 0 saturated carbocycles. The summed E-state index contributed by atoms with van der Waals surface area (Å²) in [5.41, 5.74) is 0.0749. The second-order valence-corrected chi connectivity index (χ2v) is 3.02. The number of aromatic hydroxyl groups is 1. The maximum absolute atomic E-state index is 11.3. The fraction of sp³-hybridized carbons (Fsp3) is 0. The molecule has 13 heavy (non-hydrogen) atoms. The van der Waals surface area contributed by atoms with Gasteiger partial charge in [-0.1, -0.05) is 6.07 Å². The van der Waals surface area contributed by atoms with E-state index < -0.39 is 0 Å². The van der Waals surface area contributed by atoms with E-state index in [4.69, 9.17) is 12.2 Å². The van der Waals surface area contributed by atoms with Crippen molar-refractivity contribution >= 4 is 23.1 Å². The Labute approximate surface area is 77.9 Å². The lowest BCUT2D eigenvalue weighted by Gasteiger charge is -1.98. The summed E-state index contributed by atoms with van der Waals surface area (Å²) in [5.74, 6) is 0.0229. The number of para-hydroxylation sites is 1.